The number of nitrogens with zero attached hydrogens (tertiary/aromatic N) is 1. The maximum atomic E-state index is 11.3. The standard InChI is InChI=1S/C12H23N.C11H15NO.C10H19NO.C9H17NO.C9H19N.C8H17N.2C7H15N.C6H13N/c1-10(2)11(3)13-9-12-7-5-4-6-8-12;1-9(2)11(13)12-8-10-6-4-3-5-7-10;1-8(2)10(12)11-9-6-4-3-5-7-9;1-7(2)9(11)10-8-5-3-4-6-8;1-7(2)8(3)10-9(4,5)6;1-6(2)8(5)9-7(3)4;1-6(2)7(3)8(4)5;1-5-8-7(4)6(2)3;1-5(2)6(3)7-4/h10,12-13H,3-9H2,1-2H3;3-7,9H,8H2,1-2H3,(H,12,13);8-9H,3-7H2,1-2H3,(H,11,12);7-8H,3-6H2,1-2H3,(H,10,11);7,10H,3H2,1-2,4-6H3;6-7,9H,5H2,1-4H3;6H,3H2,1-2,4-5H3;6,8H,4-5H2,1-3H3;5,7H,3H2,1-2,4H3. The van der Waals surface area contributed by atoms with Gasteiger partial charge in [0.2, 0.25) is 17.7 Å². The molecule has 0 heterocycles. The van der Waals surface area contributed by atoms with Crippen molar-refractivity contribution in [2.45, 2.75) is 286 Å². The Morgan fingerprint density at radius 2 is 0.824 bits per heavy atom. The molecule has 12 nitrogen and oxygen atoms in total. The highest BCUT2D eigenvalue weighted by Gasteiger charge is 2.19. The Balaban J connectivity index is -0.000000307. The van der Waals surface area contributed by atoms with E-state index in [9.17, 15) is 14.4 Å². The molecule has 0 atom stereocenters. The zero-order valence-corrected chi connectivity index (χ0v) is 64.8. The lowest BCUT2D eigenvalue weighted by Gasteiger charge is -2.25. The summed E-state index contributed by atoms with van der Waals surface area (Å²) in [5.74, 6) is 5.10. The van der Waals surface area contributed by atoms with Gasteiger partial charge in [0.1, 0.15) is 0 Å². The summed E-state index contributed by atoms with van der Waals surface area (Å²) in [7, 11) is 5.92. The van der Waals surface area contributed by atoms with Crippen LogP contribution in [0.15, 0.2) is 104 Å². The second-order valence-electron chi connectivity index (χ2n) is 29.3. The molecule has 0 radical (unpaired) electrons. The number of carbonyl (C=O) groups is 3. The number of carbonyl (C=O) groups excluding carboxylic acids is 3. The third-order valence-electron chi connectivity index (χ3n) is 15.3. The summed E-state index contributed by atoms with van der Waals surface area (Å²) in [5.41, 5.74) is 8.15. The molecule has 4 rings (SSSR count). The zero-order chi connectivity index (χ0) is 71.6. The Hall–Kier alpha value is -5.13. The fourth-order valence-corrected chi connectivity index (χ4v) is 8.31. The lowest BCUT2D eigenvalue weighted by Crippen LogP contribution is -2.38. The topological polar surface area (TPSA) is 151 Å². The van der Waals surface area contributed by atoms with Gasteiger partial charge in [0.15, 0.2) is 0 Å². The second kappa shape index (κ2) is 56.4. The Labute approximate surface area is 566 Å². The highest BCUT2D eigenvalue weighted by atomic mass is 16.2. The number of nitrogens with one attached hydrogen (secondary N) is 8. The summed E-state index contributed by atoms with van der Waals surface area (Å²) >= 11 is 0. The summed E-state index contributed by atoms with van der Waals surface area (Å²) < 4.78 is 0. The molecule has 1 aromatic carbocycles. The van der Waals surface area contributed by atoms with E-state index in [0.717, 1.165) is 47.4 Å². The molecule has 3 saturated carbocycles. The van der Waals surface area contributed by atoms with Gasteiger partial charge in [-0.1, -0.05) is 246 Å². The molecule has 0 bridgehead atoms. The molecular weight excluding hydrogens is 1120 g/mol. The fourth-order valence-electron chi connectivity index (χ4n) is 8.31. The van der Waals surface area contributed by atoms with Crippen LogP contribution in [0.4, 0.5) is 0 Å². The van der Waals surface area contributed by atoms with Crippen molar-refractivity contribution in [3.63, 3.8) is 0 Å². The molecule has 3 fully saturated rings. The first-order chi connectivity index (χ1) is 42.1. The van der Waals surface area contributed by atoms with E-state index >= 15 is 0 Å². The predicted molar refractivity (Wildman–Crippen MR) is 404 cm³/mol. The van der Waals surface area contributed by atoms with Crippen LogP contribution in [-0.4, -0.2) is 80.5 Å². The van der Waals surface area contributed by atoms with Gasteiger partial charge >= 0.3 is 0 Å². The molecule has 8 N–H and O–H groups in total. The molecule has 532 valence electrons. The van der Waals surface area contributed by atoms with Crippen molar-refractivity contribution in [3.8, 4) is 0 Å². The van der Waals surface area contributed by atoms with Crippen molar-refractivity contribution < 1.29 is 14.4 Å². The Morgan fingerprint density at radius 3 is 1.08 bits per heavy atom. The predicted octanol–water partition coefficient (Wildman–Crippen LogP) is 18.6. The van der Waals surface area contributed by atoms with Crippen molar-refractivity contribution >= 4 is 17.7 Å². The first kappa shape index (κ1) is 94.6. The summed E-state index contributed by atoms with van der Waals surface area (Å²) in [5, 5.41) is 25.1. The number of benzene rings is 1. The van der Waals surface area contributed by atoms with Gasteiger partial charge in [-0.2, -0.15) is 0 Å². The molecule has 3 amide bonds. The van der Waals surface area contributed by atoms with E-state index in [0.29, 0.717) is 60.2 Å². The van der Waals surface area contributed by atoms with E-state index < -0.39 is 0 Å². The van der Waals surface area contributed by atoms with Crippen LogP contribution in [0.2, 0.25) is 0 Å². The molecule has 0 aliphatic heterocycles. The number of amides is 3. The maximum Gasteiger partial charge on any atom is 0.222 e. The summed E-state index contributed by atoms with van der Waals surface area (Å²) in [6, 6.07) is 11.4. The lowest BCUT2D eigenvalue weighted by atomic mass is 9.89. The van der Waals surface area contributed by atoms with Crippen molar-refractivity contribution in [2.24, 2.45) is 59.2 Å². The van der Waals surface area contributed by atoms with E-state index in [4.69, 9.17) is 0 Å². The third kappa shape index (κ3) is 60.8. The Bertz CT molecular complexity index is 2030. The molecule has 0 spiro atoms. The minimum atomic E-state index is 0.0590. The van der Waals surface area contributed by atoms with Gasteiger partial charge in [-0.3, -0.25) is 14.4 Å². The Kier molecular flexibility index (Phi) is 58.6. The highest BCUT2D eigenvalue weighted by molar-refractivity contribution is 5.78. The van der Waals surface area contributed by atoms with Gasteiger partial charge < -0.3 is 47.4 Å². The van der Waals surface area contributed by atoms with Crippen molar-refractivity contribution in [2.75, 3.05) is 34.2 Å². The highest BCUT2D eigenvalue weighted by Crippen LogP contribution is 2.23. The minimum absolute atomic E-state index is 0.0590. The number of hydrogen-bond donors (Lipinski definition) is 8. The average molecular weight is 1280 g/mol. The van der Waals surface area contributed by atoms with Gasteiger partial charge in [-0.15, -0.1) is 0 Å². The average Bonchev–Trinajstić information content (AvgIpc) is 4.23. The molecular formula is C79H153N9O3. The summed E-state index contributed by atoms with van der Waals surface area (Å²) in [4.78, 5) is 35.7. The van der Waals surface area contributed by atoms with E-state index in [-0.39, 0.29) is 41.0 Å². The second-order valence-corrected chi connectivity index (χ2v) is 29.3. The van der Waals surface area contributed by atoms with Crippen LogP contribution in [0.25, 0.3) is 0 Å². The maximum absolute atomic E-state index is 11.3. The lowest BCUT2D eigenvalue weighted by molar-refractivity contribution is -0.125. The van der Waals surface area contributed by atoms with Gasteiger partial charge in [0.25, 0.3) is 0 Å². The number of hydrogen-bond acceptors (Lipinski definition) is 9. The van der Waals surface area contributed by atoms with E-state index in [1.165, 1.54) is 101 Å². The van der Waals surface area contributed by atoms with E-state index in [2.05, 4.69) is 207 Å². The van der Waals surface area contributed by atoms with Gasteiger partial charge in [-0.25, -0.2) is 0 Å². The molecule has 12 heteroatoms. The summed E-state index contributed by atoms with van der Waals surface area (Å²) in [6.07, 6.45) is 18.3. The van der Waals surface area contributed by atoms with Crippen molar-refractivity contribution in [1.82, 2.24) is 47.4 Å². The van der Waals surface area contributed by atoms with Gasteiger partial charge in [0.05, 0.1) is 0 Å². The normalized spacial score (nSPS) is 13.8. The Morgan fingerprint density at radius 1 is 0.462 bits per heavy atom. The molecule has 3 aliphatic carbocycles. The van der Waals surface area contributed by atoms with Crippen LogP contribution in [0.1, 0.15) is 262 Å². The van der Waals surface area contributed by atoms with E-state index in [1.54, 1.807) is 0 Å². The molecule has 0 aromatic heterocycles. The smallest absolute Gasteiger partial charge is 0.222 e. The van der Waals surface area contributed by atoms with E-state index in [1.807, 2.05) is 97.9 Å². The fraction of sp³-hybridized carbons (Fsp3) is 0.734. The van der Waals surface area contributed by atoms with Crippen LogP contribution in [-0.2, 0) is 20.9 Å². The monoisotopic (exact) mass is 1280 g/mol. The largest absolute Gasteiger partial charge is 0.392 e. The third-order valence-corrected chi connectivity index (χ3v) is 15.3. The quantitative estimate of drug-likeness (QED) is 0.0536. The van der Waals surface area contributed by atoms with Crippen molar-refractivity contribution in [1.29, 1.82) is 0 Å². The molecule has 0 saturated heterocycles. The van der Waals surface area contributed by atoms with Gasteiger partial charge in [0, 0.05) is 116 Å². The zero-order valence-electron chi connectivity index (χ0n) is 64.8. The SMILES string of the molecule is C=C(C(C)C)N(C)C.C=C(NC(C)(C)C)C(C)C.C=C(NC(C)C)C(C)C.C=C(NC)C(C)C.C=C(NCC)C(C)C.C=C(NCC1CCCCC1)C(C)C.CC(C)C(=O)NC1CCCC1.CC(C)C(=O)NC1CCCCC1.CC(C)C(=O)NCc1ccccc1. The van der Waals surface area contributed by atoms with Crippen LogP contribution < -0.4 is 42.5 Å². The number of rotatable bonds is 23. The number of allylic oxidation sites excluding steroid dienone is 6. The van der Waals surface area contributed by atoms with Crippen LogP contribution >= 0.6 is 0 Å². The van der Waals surface area contributed by atoms with Crippen LogP contribution in [0, 0.1) is 59.2 Å². The molecule has 3 aliphatic rings. The first-order valence-corrected chi connectivity index (χ1v) is 35.5. The summed E-state index contributed by atoms with van der Waals surface area (Å²) in [6.45, 7) is 76.0. The minimum Gasteiger partial charge on any atom is -0.392 e. The first-order valence-electron chi connectivity index (χ1n) is 35.5. The molecule has 0 unspecified atom stereocenters. The van der Waals surface area contributed by atoms with Crippen molar-refractivity contribution in [3.05, 3.63) is 110 Å². The molecule has 1 aromatic rings. The van der Waals surface area contributed by atoms with Crippen LogP contribution in [0.5, 0.6) is 0 Å². The van der Waals surface area contributed by atoms with Crippen LogP contribution in [0.3, 0.4) is 0 Å². The van der Waals surface area contributed by atoms with Gasteiger partial charge in [-0.05, 0) is 127 Å². The molecule has 91 heavy (non-hydrogen) atoms.